The van der Waals surface area contributed by atoms with Gasteiger partial charge in [0.1, 0.15) is 0 Å². The monoisotopic (exact) mass is 253 g/mol. The molecule has 2 atom stereocenters. The first kappa shape index (κ1) is 12.7. The maximum absolute atomic E-state index is 9.13. The van der Waals surface area contributed by atoms with Gasteiger partial charge in [-0.15, -0.1) is 0 Å². The molecule has 17 heavy (non-hydrogen) atoms. The van der Waals surface area contributed by atoms with Crippen LogP contribution in [0.3, 0.4) is 0 Å². The van der Waals surface area contributed by atoms with Crippen LogP contribution in [-0.2, 0) is 6.61 Å². The van der Waals surface area contributed by atoms with Crippen molar-refractivity contribution in [3.05, 3.63) is 28.8 Å². The first-order chi connectivity index (χ1) is 8.17. The van der Waals surface area contributed by atoms with E-state index in [1.54, 1.807) is 0 Å². The molecule has 1 aliphatic rings. The number of aliphatic hydroxyl groups is 1. The molecular weight excluding hydrogens is 234 g/mol. The van der Waals surface area contributed by atoms with Crippen molar-refractivity contribution in [2.45, 2.75) is 51.8 Å². The summed E-state index contributed by atoms with van der Waals surface area (Å²) in [5.74, 6) is 0. The summed E-state index contributed by atoms with van der Waals surface area (Å²) in [6, 6.07) is 7.19. The molecule has 1 N–H and O–H groups in total. The van der Waals surface area contributed by atoms with Crippen molar-refractivity contribution in [2.75, 3.05) is 4.90 Å². The SMILES string of the molecule is CCC1CCC(C)N1c1ccc(CO)c(Cl)c1. The second-order valence-electron chi connectivity index (χ2n) is 4.83. The van der Waals surface area contributed by atoms with Crippen molar-refractivity contribution >= 4 is 17.3 Å². The third-order valence-corrected chi connectivity index (χ3v) is 4.11. The molecule has 1 saturated heterocycles. The van der Waals surface area contributed by atoms with Gasteiger partial charge in [0, 0.05) is 22.8 Å². The van der Waals surface area contributed by atoms with Crippen molar-refractivity contribution in [3.63, 3.8) is 0 Å². The Morgan fingerprint density at radius 1 is 1.41 bits per heavy atom. The van der Waals surface area contributed by atoms with E-state index in [2.05, 4.69) is 24.8 Å². The summed E-state index contributed by atoms with van der Waals surface area (Å²) in [4.78, 5) is 2.47. The molecule has 0 aliphatic carbocycles. The molecule has 0 saturated carbocycles. The Kier molecular flexibility index (Phi) is 3.95. The lowest BCUT2D eigenvalue weighted by Gasteiger charge is -2.30. The Morgan fingerprint density at radius 3 is 2.76 bits per heavy atom. The van der Waals surface area contributed by atoms with E-state index in [1.807, 2.05) is 12.1 Å². The fourth-order valence-electron chi connectivity index (χ4n) is 2.76. The van der Waals surface area contributed by atoms with Gasteiger partial charge in [-0.25, -0.2) is 0 Å². The number of aliphatic hydroxyl groups excluding tert-OH is 1. The van der Waals surface area contributed by atoms with E-state index in [0.29, 0.717) is 17.1 Å². The number of rotatable bonds is 3. The molecule has 1 aromatic rings. The van der Waals surface area contributed by atoms with Crippen LogP contribution in [0.25, 0.3) is 0 Å². The molecule has 1 fully saturated rings. The highest BCUT2D eigenvalue weighted by Gasteiger charge is 2.29. The largest absolute Gasteiger partial charge is 0.392 e. The molecule has 1 heterocycles. The topological polar surface area (TPSA) is 23.5 Å². The lowest BCUT2D eigenvalue weighted by molar-refractivity contribution is 0.282. The van der Waals surface area contributed by atoms with Crippen LogP contribution in [0.4, 0.5) is 5.69 Å². The van der Waals surface area contributed by atoms with Crippen molar-refractivity contribution in [1.82, 2.24) is 0 Å². The molecule has 0 bridgehead atoms. The molecule has 1 aliphatic heterocycles. The van der Waals surface area contributed by atoms with Crippen LogP contribution in [0.5, 0.6) is 0 Å². The molecule has 2 rings (SSSR count). The summed E-state index contributed by atoms with van der Waals surface area (Å²) in [5, 5.41) is 9.79. The fourth-order valence-corrected chi connectivity index (χ4v) is 3.00. The highest BCUT2D eigenvalue weighted by molar-refractivity contribution is 6.31. The zero-order valence-corrected chi connectivity index (χ0v) is 11.2. The van der Waals surface area contributed by atoms with Crippen LogP contribution in [0.2, 0.25) is 5.02 Å². The molecule has 1 aromatic carbocycles. The number of nitrogens with zero attached hydrogens (tertiary/aromatic N) is 1. The quantitative estimate of drug-likeness (QED) is 0.890. The second-order valence-corrected chi connectivity index (χ2v) is 5.24. The lowest BCUT2D eigenvalue weighted by atomic mass is 10.1. The zero-order chi connectivity index (χ0) is 12.4. The van der Waals surface area contributed by atoms with Crippen LogP contribution >= 0.6 is 11.6 Å². The van der Waals surface area contributed by atoms with E-state index >= 15 is 0 Å². The molecule has 0 radical (unpaired) electrons. The van der Waals surface area contributed by atoms with Gasteiger partial charge in [0.2, 0.25) is 0 Å². The zero-order valence-electron chi connectivity index (χ0n) is 10.5. The summed E-state index contributed by atoms with van der Waals surface area (Å²) in [7, 11) is 0. The number of hydrogen-bond acceptors (Lipinski definition) is 2. The Morgan fingerprint density at radius 2 is 2.18 bits per heavy atom. The summed E-state index contributed by atoms with van der Waals surface area (Å²) >= 11 is 6.16. The number of benzene rings is 1. The molecule has 0 amide bonds. The summed E-state index contributed by atoms with van der Waals surface area (Å²) in [5.41, 5.74) is 1.99. The maximum Gasteiger partial charge on any atom is 0.0696 e. The minimum atomic E-state index is 0.00583. The Balaban J connectivity index is 2.29. The van der Waals surface area contributed by atoms with E-state index in [4.69, 9.17) is 16.7 Å². The minimum Gasteiger partial charge on any atom is -0.392 e. The predicted octanol–water partition coefficient (Wildman–Crippen LogP) is 3.60. The first-order valence-corrected chi connectivity index (χ1v) is 6.72. The van der Waals surface area contributed by atoms with Crippen molar-refractivity contribution in [3.8, 4) is 0 Å². The molecule has 0 aromatic heterocycles. The minimum absolute atomic E-state index is 0.00583. The van der Waals surface area contributed by atoms with Gasteiger partial charge in [-0.3, -0.25) is 0 Å². The van der Waals surface area contributed by atoms with Crippen LogP contribution in [-0.4, -0.2) is 17.2 Å². The molecule has 0 spiro atoms. The highest BCUT2D eigenvalue weighted by Crippen LogP contribution is 2.34. The normalized spacial score (nSPS) is 24.4. The Bertz CT molecular complexity index is 394. The summed E-state index contributed by atoms with van der Waals surface area (Å²) in [6.45, 7) is 4.51. The van der Waals surface area contributed by atoms with E-state index < -0.39 is 0 Å². The van der Waals surface area contributed by atoms with Crippen molar-refractivity contribution in [1.29, 1.82) is 0 Å². The van der Waals surface area contributed by atoms with Crippen LogP contribution in [0.15, 0.2) is 18.2 Å². The number of halogens is 1. The van der Waals surface area contributed by atoms with E-state index in [-0.39, 0.29) is 6.61 Å². The van der Waals surface area contributed by atoms with Crippen molar-refractivity contribution < 1.29 is 5.11 Å². The average molecular weight is 254 g/mol. The molecule has 3 heteroatoms. The Labute approximate surface area is 108 Å². The second kappa shape index (κ2) is 5.28. The van der Waals surface area contributed by atoms with Crippen LogP contribution in [0.1, 0.15) is 38.7 Å². The molecule has 94 valence electrons. The Hall–Kier alpha value is -0.730. The van der Waals surface area contributed by atoms with Crippen molar-refractivity contribution in [2.24, 2.45) is 0 Å². The molecule has 2 unspecified atom stereocenters. The van der Waals surface area contributed by atoms with Gasteiger partial charge in [-0.1, -0.05) is 24.6 Å². The van der Waals surface area contributed by atoms with E-state index in [0.717, 1.165) is 5.56 Å². The van der Waals surface area contributed by atoms with Gasteiger partial charge in [0.05, 0.1) is 6.61 Å². The average Bonchev–Trinajstić information content (AvgIpc) is 2.70. The van der Waals surface area contributed by atoms with Gasteiger partial charge in [0.15, 0.2) is 0 Å². The van der Waals surface area contributed by atoms with Crippen LogP contribution < -0.4 is 4.90 Å². The molecular formula is C14H20ClNO. The van der Waals surface area contributed by atoms with Gasteiger partial charge < -0.3 is 10.0 Å². The van der Waals surface area contributed by atoms with Gasteiger partial charge in [0.25, 0.3) is 0 Å². The fraction of sp³-hybridized carbons (Fsp3) is 0.571. The lowest BCUT2D eigenvalue weighted by Crippen LogP contribution is -2.34. The third kappa shape index (κ3) is 2.43. The molecule has 2 nitrogen and oxygen atoms in total. The summed E-state index contributed by atoms with van der Waals surface area (Å²) < 4.78 is 0. The maximum atomic E-state index is 9.13. The predicted molar refractivity (Wildman–Crippen MR) is 72.6 cm³/mol. The van der Waals surface area contributed by atoms with E-state index in [1.165, 1.54) is 24.9 Å². The standard InChI is InChI=1S/C14H20ClNO/c1-3-12-6-4-10(2)16(12)13-7-5-11(9-17)14(15)8-13/h5,7-8,10,12,17H,3-4,6,9H2,1-2H3. The van der Waals surface area contributed by atoms with Crippen LogP contribution in [0, 0.1) is 0 Å². The van der Waals surface area contributed by atoms with Gasteiger partial charge >= 0.3 is 0 Å². The van der Waals surface area contributed by atoms with Gasteiger partial charge in [-0.05, 0) is 43.9 Å². The highest BCUT2D eigenvalue weighted by atomic mass is 35.5. The smallest absolute Gasteiger partial charge is 0.0696 e. The summed E-state index contributed by atoms with van der Waals surface area (Å²) in [6.07, 6.45) is 3.68. The number of hydrogen-bond donors (Lipinski definition) is 1. The van der Waals surface area contributed by atoms with Gasteiger partial charge in [-0.2, -0.15) is 0 Å². The first-order valence-electron chi connectivity index (χ1n) is 6.35. The third-order valence-electron chi connectivity index (χ3n) is 3.76. The van der Waals surface area contributed by atoms with E-state index in [9.17, 15) is 0 Å². The number of anilines is 1.